The number of carbonyl (C=O) groups excluding carboxylic acids is 1. The van der Waals surface area contributed by atoms with Crippen LogP contribution in [0.1, 0.15) is 21.5 Å². The SMILES string of the molecule is C=CCNc1nnc(SCC(=O)c2cc(C)ccc2C)s1. The van der Waals surface area contributed by atoms with Crippen molar-refractivity contribution in [2.24, 2.45) is 0 Å². The van der Waals surface area contributed by atoms with Crippen LogP contribution in [-0.2, 0) is 0 Å². The van der Waals surface area contributed by atoms with Crippen molar-refractivity contribution in [2.75, 3.05) is 17.6 Å². The lowest BCUT2D eigenvalue weighted by atomic mass is 10.0. The number of Topliss-reactive ketones (excluding diaryl/α,β-unsaturated/α-hetero) is 1. The first-order valence-corrected chi connectivity index (χ1v) is 8.32. The second kappa shape index (κ2) is 7.38. The van der Waals surface area contributed by atoms with Gasteiger partial charge in [0.25, 0.3) is 0 Å². The molecule has 0 spiro atoms. The number of benzene rings is 1. The predicted octanol–water partition coefficient (Wildman–Crippen LogP) is 3.73. The molecular formula is C15H17N3OS2. The smallest absolute Gasteiger partial charge is 0.206 e. The number of hydrogen-bond acceptors (Lipinski definition) is 6. The van der Waals surface area contributed by atoms with E-state index in [0.29, 0.717) is 12.3 Å². The molecule has 1 N–H and O–H groups in total. The maximum Gasteiger partial charge on any atom is 0.206 e. The average Bonchev–Trinajstić information content (AvgIpc) is 2.93. The Morgan fingerprint density at radius 2 is 2.24 bits per heavy atom. The first-order valence-electron chi connectivity index (χ1n) is 6.51. The summed E-state index contributed by atoms with van der Waals surface area (Å²) in [4.78, 5) is 12.3. The molecule has 0 saturated heterocycles. The molecule has 110 valence electrons. The molecule has 4 nitrogen and oxygen atoms in total. The molecule has 0 aliphatic heterocycles. The Morgan fingerprint density at radius 1 is 1.43 bits per heavy atom. The van der Waals surface area contributed by atoms with E-state index >= 15 is 0 Å². The van der Waals surface area contributed by atoms with Crippen LogP contribution >= 0.6 is 23.1 Å². The van der Waals surface area contributed by atoms with E-state index in [0.717, 1.165) is 26.2 Å². The molecule has 0 fully saturated rings. The molecule has 1 aromatic carbocycles. The lowest BCUT2D eigenvalue weighted by Gasteiger charge is -2.05. The molecule has 1 aromatic heterocycles. The number of anilines is 1. The van der Waals surface area contributed by atoms with Crippen molar-refractivity contribution in [2.45, 2.75) is 18.2 Å². The van der Waals surface area contributed by atoms with Gasteiger partial charge in [-0.2, -0.15) is 0 Å². The summed E-state index contributed by atoms with van der Waals surface area (Å²) in [6.07, 6.45) is 1.76. The summed E-state index contributed by atoms with van der Waals surface area (Å²) in [7, 11) is 0. The summed E-state index contributed by atoms with van der Waals surface area (Å²) < 4.78 is 0.792. The molecule has 0 atom stereocenters. The molecule has 2 rings (SSSR count). The number of aryl methyl sites for hydroxylation is 2. The number of aromatic nitrogens is 2. The van der Waals surface area contributed by atoms with Crippen molar-refractivity contribution in [1.29, 1.82) is 0 Å². The first kappa shape index (κ1) is 15.7. The van der Waals surface area contributed by atoms with Crippen LogP contribution in [0.4, 0.5) is 5.13 Å². The van der Waals surface area contributed by atoms with Gasteiger partial charge in [0, 0.05) is 12.1 Å². The number of nitrogens with one attached hydrogen (secondary N) is 1. The monoisotopic (exact) mass is 319 g/mol. The van der Waals surface area contributed by atoms with Crippen molar-refractivity contribution in [1.82, 2.24) is 10.2 Å². The van der Waals surface area contributed by atoms with Gasteiger partial charge in [-0.15, -0.1) is 16.8 Å². The van der Waals surface area contributed by atoms with Crippen molar-refractivity contribution < 1.29 is 4.79 Å². The Labute approximate surface area is 132 Å². The number of ketones is 1. The number of hydrogen-bond donors (Lipinski definition) is 1. The van der Waals surface area contributed by atoms with Crippen LogP contribution in [0.2, 0.25) is 0 Å². The van der Waals surface area contributed by atoms with Crippen LogP contribution in [-0.4, -0.2) is 28.3 Å². The van der Waals surface area contributed by atoms with Gasteiger partial charge in [-0.1, -0.05) is 46.9 Å². The van der Waals surface area contributed by atoms with Gasteiger partial charge in [-0.3, -0.25) is 4.79 Å². The minimum absolute atomic E-state index is 0.122. The second-order valence-corrected chi connectivity index (χ2v) is 6.77. The van der Waals surface area contributed by atoms with Crippen molar-refractivity contribution in [3.63, 3.8) is 0 Å². The average molecular weight is 319 g/mol. The predicted molar refractivity (Wildman–Crippen MR) is 89.6 cm³/mol. The Hall–Kier alpha value is -1.66. The molecule has 0 aliphatic carbocycles. The normalized spacial score (nSPS) is 10.4. The minimum atomic E-state index is 0.122. The standard InChI is InChI=1S/C15H17N3OS2/c1-4-7-16-14-17-18-15(21-14)20-9-13(19)12-8-10(2)5-6-11(12)3/h4-6,8H,1,7,9H2,2-3H3,(H,16,17). The lowest BCUT2D eigenvalue weighted by molar-refractivity contribution is 0.102. The molecule has 0 radical (unpaired) electrons. The van der Waals surface area contributed by atoms with E-state index in [1.807, 2.05) is 32.0 Å². The van der Waals surface area contributed by atoms with E-state index in [-0.39, 0.29) is 5.78 Å². The maximum absolute atomic E-state index is 12.3. The molecular weight excluding hydrogens is 302 g/mol. The molecule has 1 heterocycles. The van der Waals surface area contributed by atoms with E-state index in [2.05, 4.69) is 22.1 Å². The zero-order valence-electron chi connectivity index (χ0n) is 12.0. The van der Waals surface area contributed by atoms with Gasteiger partial charge in [0.15, 0.2) is 10.1 Å². The Bertz CT molecular complexity index is 652. The summed E-state index contributed by atoms with van der Waals surface area (Å²) in [5, 5.41) is 11.9. The van der Waals surface area contributed by atoms with Gasteiger partial charge in [0.05, 0.1) is 5.75 Å². The van der Waals surface area contributed by atoms with E-state index in [1.54, 1.807) is 6.08 Å². The van der Waals surface area contributed by atoms with E-state index in [4.69, 9.17) is 0 Å². The molecule has 0 bridgehead atoms. The zero-order valence-corrected chi connectivity index (χ0v) is 13.7. The largest absolute Gasteiger partial charge is 0.357 e. The Balaban J connectivity index is 1.96. The summed E-state index contributed by atoms with van der Waals surface area (Å²) in [5.41, 5.74) is 2.90. The number of nitrogens with zero attached hydrogens (tertiary/aromatic N) is 2. The topological polar surface area (TPSA) is 54.9 Å². The van der Waals surface area contributed by atoms with Crippen LogP contribution in [0.5, 0.6) is 0 Å². The highest BCUT2D eigenvalue weighted by atomic mass is 32.2. The van der Waals surface area contributed by atoms with Crippen molar-refractivity contribution >= 4 is 34.0 Å². The molecule has 6 heteroatoms. The highest BCUT2D eigenvalue weighted by Crippen LogP contribution is 2.26. The van der Waals surface area contributed by atoms with Gasteiger partial charge < -0.3 is 5.32 Å². The van der Waals surface area contributed by atoms with Crippen molar-refractivity contribution in [3.8, 4) is 0 Å². The molecule has 2 aromatic rings. The fourth-order valence-corrected chi connectivity index (χ4v) is 3.38. The van der Waals surface area contributed by atoms with Gasteiger partial charge in [0.2, 0.25) is 5.13 Å². The number of carbonyl (C=O) groups is 1. The fraction of sp³-hybridized carbons (Fsp3) is 0.267. The highest BCUT2D eigenvalue weighted by Gasteiger charge is 2.12. The number of thioether (sulfide) groups is 1. The molecule has 0 unspecified atom stereocenters. The summed E-state index contributed by atoms with van der Waals surface area (Å²) in [6, 6.07) is 5.94. The van der Waals surface area contributed by atoms with Gasteiger partial charge in [-0.05, 0) is 25.5 Å². The minimum Gasteiger partial charge on any atom is -0.357 e. The second-order valence-electron chi connectivity index (χ2n) is 4.57. The summed E-state index contributed by atoms with van der Waals surface area (Å²) in [5.74, 6) is 0.498. The van der Waals surface area contributed by atoms with Crippen LogP contribution in [0.15, 0.2) is 35.2 Å². The zero-order chi connectivity index (χ0) is 15.2. The van der Waals surface area contributed by atoms with Gasteiger partial charge >= 0.3 is 0 Å². The van der Waals surface area contributed by atoms with Crippen LogP contribution in [0, 0.1) is 13.8 Å². The van der Waals surface area contributed by atoms with Crippen LogP contribution < -0.4 is 5.32 Å². The highest BCUT2D eigenvalue weighted by molar-refractivity contribution is 8.01. The van der Waals surface area contributed by atoms with Crippen molar-refractivity contribution in [3.05, 3.63) is 47.5 Å². The van der Waals surface area contributed by atoms with E-state index < -0.39 is 0 Å². The van der Waals surface area contributed by atoms with Crippen LogP contribution in [0.25, 0.3) is 0 Å². The number of rotatable bonds is 7. The third-order valence-corrected chi connectivity index (χ3v) is 4.84. The summed E-state index contributed by atoms with van der Waals surface area (Å²) in [6.45, 7) is 8.24. The van der Waals surface area contributed by atoms with Gasteiger partial charge in [-0.25, -0.2) is 0 Å². The third kappa shape index (κ3) is 4.41. The first-order chi connectivity index (χ1) is 10.1. The molecule has 0 amide bonds. The third-order valence-electron chi connectivity index (χ3n) is 2.82. The van der Waals surface area contributed by atoms with Crippen LogP contribution in [0.3, 0.4) is 0 Å². The van der Waals surface area contributed by atoms with Gasteiger partial charge in [0.1, 0.15) is 0 Å². The summed E-state index contributed by atoms with van der Waals surface area (Å²) >= 11 is 2.87. The van der Waals surface area contributed by atoms with E-state index in [1.165, 1.54) is 23.1 Å². The molecule has 0 saturated carbocycles. The van der Waals surface area contributed by atoms with E-state index in [9.17, 15) is 4.79 Å². The fourth-order valence-electron chi connectivity index (χ4n) is 1.74. The lowest BCUT2D eigenvalue weighted by Crippen LogP contribution is -2.05. The Kier molecular flexibility index (Phi) is 5.52. The Morgan fingerprint density at radius 3 is 3.00 bits per heavy atom. The molecule has 21 heavy (non-hydrogen) atoms. The molecule has 0 aliphatic rings. The maximum atomic E-state index is 12.3. The quantitative estimate of drug-likeness (QED) is 0.479.